The molecular formula is C12H16F2N2O2. The quantitative estimate of drug-likeness (QED) is 0.802. The molecule has 100 valence electrons. The molecule has 0 unspecified atom stereocenters. The number of carbonyl (C=O) groups is 1. The molecule has 0 fully saturated rings. The van der Waals surface area contributed by atoms with Gasteiger partial charge in [-0.1, -0.05) is 17.7 Å². The van der Waals surface area contributed by atoms with Gasteiger partial charge >= 0.3 is 0 Å². The highest BCUT2D eigenvalue weighted by Gasteiger charge is 2.27. The van der Waals surface area contributed by atoms with E-state index in [0.717, 1.165) is 5.56 Å². The monoisotopic (exact) mass is 258 g/mol. The average Bonchev–Trinajstić information content (AvgIpc) is 2.36. The molecule has 0 heterocycles. The fraction of sp³-hybridized carbons (Fsp3) is 0.417. The van der Waals surface area contributed by atoms with Gasteiger partial charge in [-0.2, -0.15) is 0 Å². The van der Waals surface area contributed by atoms with Gasteiger partial charge in [-0.15, -0.1) is 0 Å². The molecule has 0 bridgehead atoms. The van der Waals surface area contributed by atoms with E-state index in [-0.39, 0.29) is 6.61 Å². The van der Waals surface area contributed by atoms with Crippen LogP contribution >= 0.6 is 0 Å². The molecule has 0 saturated heterocycles. The molecule has 0 saturated carbocycles. The highest BCUT2D eigenvalue weighted by atomic mass is 19.3. The summed E-state index contributed by atoms with van der Waals surface area (Å²) in [5.74, 6) is -3.18. The van der Waals surface area contributed by atoms with Gasteiger partial charge in [-0.05, 0) is 19.1 Å². The van der Waals surface area contributed by atoms with Gasteiger partial charge in [0.1, 0.15) is 5.75 Å². The van der Waals surface area contributed by atoms with Gasteiger partial charge in [0.25, 0.3) is 11.8 Å². The first-order valence-corrected chi connectivity index (χ1v) is 5.47. The lowest BCUT2D eigenvalue weighted by molar-refractivity contribution is -0.124. The van der Waals surface area contributed by atoms with Crippen molar-refractivity contribution in [3.05, 3.63) is 29.8 Å². The number of hydrogen-bond acceptors (Lipinski definition) is 3. The third-order valence-corrected chi connectivity index (χ3v) is 2.23. The van der Waals surface area contributed by atoms with Gasteiger partial charge in [0.15, 0.2) is 6.61 Å². The third-order valence-electron chi connectivity index (χ3n) is 2.23. The first kappa shape index (κ1) is 14.4. The molecular weight excluding hydrogens is 242 g/mol. The number of aryl methyl sites for hydroxylation is 1. The van der Waals surface area contributed by atoms with Crippen LogP contribution in [0, 0.1) is 6.92 Å². The molecule has 0 aromatic heterocycles. The third kappa shape index (κ3) is 5.09. The molecule has 1 amide bonds. The van der Waals surface area contributed by atoms with Crippen molar-refractivity contribution in [2.45, 2.75) is 12.8 Å². The van der Waals surface area contributed by atoms with Crippen LogP contribution in [0.15, 0.2) is 24.3 Å². The maximum atomic E-state index is 12.7. The van der Waals surface area contributed by atoms with Gasteiger partial charge in [-0.25, -0.2) is 8.78 Å². The average molecular weight is 258 g/mol. The SMILES string of the molecule is Cc1ccc(OCC(=O)NCC(F)(F)CN)cc1. The summed E-state index contributed by atoms with van der Waals surface area (Å²) in [5, 5.41) is 2.06. The Hall–Kier alpha value is -1.69. The number of alkyl halides is 2. The molecule has 0 atom stereocenters. The number of halogens is 2. The number of ether oxygens (including phenoxy) is 1. The van der Waals surface area contributed by atoms with Crippen LogP contribution < -0.4 is 15.8 Å². The Morgan fingerprint density at radius 2 is 2.00 bits per heavy atom. The molecule has 0 spiro atoms. The van der Waals surface area contributed by atoms with Crippen molar-refractivity contribution in [3.63, 3.8) is 0 Å². The van der Waals surface area contributed by atoms with Crippen LogP contribution in [-0.4, -0.2) is 31.5 Å². The Kier molecular flexibility index (Phi) is 5.03. The minimum atomic E-state index is -3.08. The summed E-state index contributed by atoms with van der Waals surface area (Å²) in [6, 6.07) is 7.07. The van der Waals surface area contributed by atoms with E-state index in [2.05, 4.69) is 5.32 Å². The lowest BCUT2D eigenvalue weighted by atomic mass is 10.2. The largest absolute Gasteiger partial charge is 0.484 e. The molecule has 0 aliphatic heterocycles. The Balaban J connectivity index is 2.31. The van der Waals surface area contributed by atoms with Crippen LogP contribution in [0.5, 0.6) is 5.75 Å². The number of nitrogens with two attached hydrogens (primary N) is 1. The van der Waals surface area contributed by atoms with Gasteiger partial charge < -0.3 is 15.8 Å². The van der Waals surface area contributed by atoms with Crippen molar-refractivity contribution >= 4 is 5.91 Å². The van der Waals surface area contributed by atoms with Crippen LogP contribution in [-0.2, 0) is 4.79 Å². The van der Waals surface area contributed by atoms with E-state index in [1.807, 2.05) is 19.1 Å². The number of benzene rings is 1. The van der Waals surface area contributed by atoms with Crippen molar-refractivity contribution in [1.82, 2.24) is 5.32 Å². The minimum Gasteiger partial charge on any atom is -0.484 e. The molecule has 6 heteroatoms. The lowest BCUT2D eigenvalue weighted by Gasteiger charge is -2.14. The van der Waals surface area contributed by atoms with Gasteiger partial charge in [0.05, 0.1) is 13.1 Å². The number of rotatable bonds is 6. The normalized spacial score (nSPS) is 11.1. The molecule has 0 aliphatic rings. The molecule has 1 aromatic rings. The fourth-order valence-corrected chi connectivity index (χ4v) is 1.13. The van der Waals surface area contributed by atoms with Crippen molar-refractivity contribution in [1.29, 1.82) is 0 Å². The van der Waals surface area contributed by atoms with Crippen molar-refractivity contribution in [2.24, 2.45) is 5.73 Å². The van der Waals surface area contributed by atoms with Crippen molar-refractivity contribution < 1.29 is 18.3 Å². The predicted octanol–water partition coefficient (Wildman–Crippen LogP) is 1.08. The van der Waals surface area contributed by atoms with E-state index >= 15 is 0 Å². The highest BCUT2D eigenvalue weighted by Crippen LogP contribution is 2.11. The molecule has 18 heavy (non-hydrogen) atoms. The highest BCUT2D eigenvalue weighted by molar-refractivity contribution is 5.77. The second kappa shape index (κ2) is 6.30. The summed E-state index contributed by atoms with van der Waals surface area (Å²) < 4.78 is 30.6. The van der Waals surface area contributed by atoms with Crippen LogP contribution in [0.3, 0.4) is 0 Å². The smallest absolute Gasteiger partial charge is 0.277 e. The van der Waals surface area contributed by atoms with Gasteiger partial charge in [-0.3, -0.25) is 4.79 Å². The zero-order valence-corrected chi connectivity index (χ0v) is 10.1. The lowest BCUT2D eigenvalue weighted by Crippen LogP contribution is -2.43. The first-order valence-electron chi connectivity index (χ1n) is 5.47. The first-order chi connectivity index (χ1) is 8.43. The summed E-state index contributed by atoms with van der Waals surface area (Å²) in [7, 11) is 0. The maximum absolute atomic E-state index is 12.7. The molecule has 3 N–H and O–H groups in total. The van der Waals surface area contributed by atoms with E-state index in [0.29, 0.717) is 5.75 Å². The second-order valence-corrected chi connectivity index (χ2v) is 3.94. The summed E-state index contributed by atoms with van der Waals surface area (Å²) in [6.07, 6.45) is 0. The fourth-order valence-electron chi connectivity index (χ4n) is 1.13. The van der Waals surface area contributed by atoms with Crippen LogP contribution in [0.4, 0.5) is 8.78 Å². The molecule has 0 aliphatic carbocycles. The Labute approximate surface area is 104 Å². The van der Waals surface area contributed by atoms with E-state index in [9.17, 15) is 13.6 Å². The number of amides is 1. The van der Waals surface area contributed by atoms with Crippen molar-refractivity contribution in [2.75, 3.05) is 19.7 Å². The summed E-state index contributed by atoms with van der Waals surface area (Å²) in [6.45, 7) is 0.0425. The molecule has 1 aromatic carbocycles. The Bertz CT molecular complexity index is 394. The van der Waals surface area contributed by atoms with E-state index in [1.54, 1.807) is 12.1 Å². The zero-order chi connectivity index (χ0) is 13.6. The summed E-state index contributed by atoms with van der Waals surface area (Å²) in [5.41, 5.74) is 5.90. The van der Waals surface area contributed by atoms with E-state index in [4.69, 9.17) is 10.5 Å². The van der Waals surface area contributed by atoms with Crippen LogP contribution in [0.2, 0.25) is 0 Å². The summed E-state index contributed by atoms with van der Waals surface area (Å²) in [4.78, 5) is 11.2. The maximum Gasteiger partial charge on any atom is 0.277 e. The summed E-state index contributed by atoms with van der Waals surface area (Å²) >= 11 is 0. The molecule has 0 radical (unpaired) electrons. The van der Waals surface area contributed by atoms with Crippen LogP contribution in [0.1, 0.15) is 5.56 Å². The number of carbonyl (C=O) groups excluding carboxylic acids is 1. The minimum absolute atomic E-state index is 0.302. The van der Waals surface area contributed by atoms with Gasteiger partial charge in [0.2, 0.25) is 0 Å². The van der Waals surface area contributed by atoms with E-state index < -0.39 is 24.9 Å². The number of hydrogen-bond donors (Lipinski definition) is 2. The molecule has 1 rings (SSSR count). The standard InChI is InChI=1S/C12H16F2N2O2/c1-9-2-4-10(5-3-9)18-6-11(17)16-8-12(13,14)7-15/h2-5H,6-8,15H2,1H3,(H,16,17). The number of nitrogens with one attached hydrogen (secondary N) is 1. The zero-order valence-electron chi connectivity index (χ0n) is 10.1. The second-order valence-electron chi connectivity index (χ2n) is 3.94. The Morgan fingerprint density at radius 1 is 1.39 bits per heavy atom. The van der Waals surface area contributed by atoms with Crippen LogP contribution in [0.25, 0.3) is 0 Å². The topological polar surface area (TPSA) is 64.3 Å². The molecule has 4 nitrogen and oxygen atoms in total. The predicted molar refractivity (Wildman–Crippen MR) is 63.7 cm³/mol. The van der Waals surface area contributed by atoms with Crippen molar-refractivity contribution in [3.8, 4) is 5.75 Å². The Morgan fingerprint density at radius 3 is 2.56 bits per heavy atom. The van der Waals surface area contributed by atoms with Gasteiger partial charge in [0, 0.05) is 0 Å². The van der Waals surface area contributed by atoms with E-state index in [1.165, 1.54) is 0 Å².